The first-order valence-electron chi connectivity index (χ1n) is 17.1. The van der Waals surface area contributed by atoms with E-state index in [-0.39, 0.29) is 35.9 Å². The molecule has 0 heterocycles. The summed E-state index contributed by atoms with van der Waals surface area (Å²) in [5.74, 6) is 0.730. The molecule has 0 aliphatic rings. The van der Waals surface area contributed by atoms with Crippen molar-refractivity contribution in [3.8, 4) is 0 Å². The van der Waals surface area contributed by atoms with E-state index in [0.29, 0.717) is 126 Å². The molecule has 0 amide bonds. The van der Waals surface area contributed by atoms with Crippen LogP contribution in [0.4, 0.5) is 0 Å². The average Bonchev–Trinajstić information content (AvgIpc) is 3.05. The molecule has 0 unspecified atom stereocenters. The first kappa shape index (κ1) is 48.3. The molecule has 0 radical (unpaired) electrons. The van der Waals surface area contributed by atoms with Gasteiger partial charge in [0.1, 0.15) is 38.6 Å². The molecule has 0 saturated heterocycles. The van der Waals surface area contributed by atoms with Gasteiger partial charge in [-0.1, -0.05) is 55.4 Å². The molecule has 0 saturated carbocycles. The second kappa shape index (κ2) is 32.0. The first-order chi connectivity index (χ1) is 23.3. The molecule has 0 fully saturated rings. The zero-order chi connectivity index (χ0) is 36.9. The predicted octanol–water partition coefficient (Wildman–Crippen LogP) is 5.84. The highest BCUT2D eigenvalue weighted by Crippen LogP contribution is 2.04. The molecule has 0 rings (SSSR count). The molecule has 11 nitrogen and oxygen atoms in total. The van der Waals surface area contributed by atoms with Crippen molar-refractivity contribution >= 4 is 69.1 Å². The van der Waals surface area contributed by atoms with Crippen LogP contribution in [0.5, 0.6) is 0 Å². The normalized spacial score (nSPS) is 11.7. The summed E-state index contributed by atoms with van der Waals surface area (Å²) in [7, 11) is 0. The van der Waals surface area contributed by atoms with Crippen LogP contribution in [0.2, 0.25) is 0 Å². The molecular formula is C34H62O11S4. The van der Waals surface area contributed by atoms with Gasteiger partial charge >= 0.3 is 0 Å². The molecule has 0 atom stereocenters. The van der Waals surface area contributed by atoms with Crippen LogP contribution >= 0.6 is 48.9 Å². The lowest BCUT2D eigenvalue weighted by Gasteiger charge is -2.20. The van der Waals surface area contributed by atoms with Crippen LogP contribution in [-0.2, 0) is 52.1 Å². The molecule has 0 aliphatic heterocycles. The number of hydrogen-bond donors (Lipinski definition) is 0. The topological polar surface area (TPSA) is 102 Å². The zero-order valence-corrected chi connectivity index (χ0v) is 34.2. The van der Waals surface area contributed by atoms with E-state index in [2.05, 4.69) is 0 Å². The molecule has 0 spiro atoms. The molecular weight excluding hydrogens is 713 g/mol. The molecule has 0 bridgehead atoms. The summed E-state index contributed by atoms with van der Waals surface area (Å²) in [4.78, 5) is 0. The highest BCUT2D eigenvalue weighted by Gasteiger charge is 2.14. The van der Waals surface area contributed by atoms with Crippen LogP contribution in [0.1, 0.15) is 55.4 Å². The van der Waals surface area contributed by atoms with E-state index in [4.69, 9.17) is 101 Å². The van der Waals surface area contributed by atoms with Gasteiger partial charge in [0.2, 0.25) is 0 Å². The van der Waals surface area contributed by atoms with Crippen LogP contribution < -0.4 is 0 Å². The zero-order valence-electron chi connectivity index (χ0n) is 30.9. The van der Waals surface area contributed by atoms with Gasteiger partial charge in [-0.05, 0) is 48.9 Å². The third-order valence-corrected chi connectivity index (χ3v) is 8.51. The van der Waals surface area contributed by atoms with Gasteiger partial charge in [0.15, 0.2) is 20.2 Å². The van der Waals surface area contributed by atoms with Gasteiger partial charge in [-0.3, -0.25) is 0 Å². The largest absolute Gasteiger partial charge is 0.484 e. The Balaban J connectivity index is 4.55. The van der Waals surface area contributed by atoms with Crippen molar-refractivity contribution in [3.05, 3.63) is 0 Å². The van der Waals surface area contributed by atoms with Gasteiger partial charge < -0.3 is 52.1 Å². The fourth-order valence-corrected chi connectivity index (χ4v) is 3.60. The first-order valence-corrected chi connectivity index (χ1v) is 18.8. The van der Waals surface area contributed by atoms with Crippen molar-refractivity contribution in [2.24, 2.45) is 23.7 Å². The fraction of sp³-hybridized carbons (Fsp3) is 0.882. The Morgan fingerprint density at radius 3 is 0.776 bits per heavy atom. The van der Waals surface area contributed by atoms with Gasteiger partial charge in [-0.25, -0.2) is 0 Å². The molecule has 15 heteroatoms. The van der Waals surface area contributed by atoms with Crippen molar-refractivity contribution in [3.63, 3.8) is 0 Å². The van der Waals surface area contributed by atoms with Crippen LogP contribution in [0.25, 0.3) is 0 Å². The number of thiocarbonyl (C=S) groups is 4. The van der Waals surface area contributed by atoms with Crippen molar-refractivity contribution in [2.75, 3.05) is 106 Å². The SMILES string of the molecule is CC(C)C(=S)OCCOCC(COCCOC(=S)C(C)C)OCCOCCOC(COCCOC(=S)C(C)C)COCCOC(=S)C(C)C. The average molecular weight is 775 g/mol. The van der Waals surface area contributed by atoms with E-state index in [9.17, 15) is 0 Å². The van der Waals surface area contributed by atoms with Crippen molar-refractivity contribution in [2.45, 2.75) is 67.6 Å². The van der Waals surface area contributed by atoms with Crippen molar-refractivity contribution in [1.29, 1.82) is 0 Å². The molecule has 49 heavy (non-hydrogen) atoms. The molecule has 0 aromatic heterocycles. The van der Waals surface area contributed by atoms with Crippen LogP contribution in [0.15, 0.2) is 0 Å². The lowest BCUT2D eigenvalue weighted by molar-refractivity contribution is -0.0922. The number of ether oxygens (including phenoxy) is 11. The summed E-state index contributed by atoms with van der Waals surface area (Å²) in [5, 5.41) is 2.28. The summed E-state index contributed by atoms with van der Waals surface area (Å²) in [5.41, 5.74) is 0. The molecule has 0 aromatic rings. The molecule has 0 aliphatic carbocycles. The van der Waals surface area contributed by atoms with Gasteiger partial charge in [0.25, 0.3) is 0 Å². The predicted molar refractivity (Wildman–Crippen MR) is 207 cm³/mol. The monoisotopic (exact) mass is 774 g/mol. The second-order valence-corrected chi connectivity index (χ2v) is 13.8. The summed E-state index contributed by atoms with van der Waals surface area (Å²) in [6.45, 7) is 21.8. The summed E-state index contributed by atoms with van der Waals surface area (Å²) in [6, 6.07) is 0. The van der Waals surface area contributed by atoms with Crippen LogP contribution in [0.3, 0.4) is 0 Å². The summed E-state index contributed by atoms with van der Waals surface area (Å²) in [6.07, 6.45) is -0.601. The van der Waals surface area contributed by atoms with Gasteiger partial charge in [0, 0.05) is 23.7 Å². The van der Waals surface area contributed by atoms with E-state index in [0.717, 1.165) is 0 Å². The summed E-state index contributed by atoms with van der Waals surface area (Å²) < 4.78 is 62.9. The Kier molecular flexibility index (Phi) is 31.5. The lowest BCUT2D eigenvalue weighted by atomic mass is 10.2. The third-order valence-electron chi connectivity index (χ3n) is 6.15. The van der Waals surface area contributed by atoms with E-state index >= 15 is 0 Å². The fourth-order valence-electron chi connectivity index (χ4n) is 3.27. The van der Waals surface area contributed by atoms with E-state index in [1.54, 1.807) is 0 Å². The van der Waals surface area contributed by atoms with E-state index < -0.39 is 0 Å². The summed E-state index contributed by atoms with van der Waals surface area (Å²) >= 11 is 20.8. The minimum absolute atomic E-state index is 0.182. The van der Waals surface area contributed by atoms with Crippen LogP contribution in [0, 0.1) is 23.7 Å². The Bertz CT molecular complexity index is 747. The van der Waals surface area contributed by atoms with Crippen molar-refractivity contribution < 1.29 is 52.1 Å². The second-order valence-electron chi connectivity index (χ2n) is 12.2. The standard InChI is InChI=1S/C34H62O11S4/c1-25(2)31(46)42-17-11-36-21-29(22-37-12-18-43-32(47)26(3)4)40-15-9-35-10-16-41-30(23-38-13-19-44-33(48)27(5)6)24-39-14-20-45-34(49)28(7)8/h25-30H,9-24H2,1-8H3. The highest BCUT2D eigenvalue weighted by atomic mass is 32.1. The smallest absolute Gasteiger partial charge is 0.162 e. The maximum atomic E-state index is 5.99. The minimum atomic E-state index is -0.301. The Labute approximate surface area is 316 Å². The van der Waals surface area contributed by atoms with Crippen LogP contribution in [-0.4, -0.2) is 138 Å². The maximum Gasteiger partial charge on any atom is 0.162 e. The molecule has 288 valence electrons. The number of hydrogen-bond acceptors (Lipinski definition) is 15. The maximum absolute atomic E-state index is 5.99. The Hall–Kier alpha value is -0.720. The van der Waals surface area contributed by atoms with E-state index in [1.165, 1.54) is 0 Å². The quantitative estimate of drug-likeness (QED) is 0.0604. The highest BCUT2D eigenvalue weighted by molar-refractivity contribution is 7.80. The molecule has 0 aromatic carbocycles. The Morgan fingerprint density at radius 1 is 0.327 bits per heavy atom. The number of rotatable bonds is 32. The van der Waals surface area contributed by atoms with Crippen molar-refractivity contribution in [1.82, 2.24) is 0 Å². The van der Waals surface area contributed by atoms with Gasteiger partial charge in [-0.2, -0.15) is 0 Å². The molecule has 0 N–H and O–H groups in total. The van der Waals surface area contributed by atoms with E-state index in [1.807, 2.05) is 55.4 Å². The Morgan fingerprint density at radius 2 is 0.551 bits per heavy atom. The van der Waals surface area contributed by atoms with Gasteiger partial charge in [-0.15, -0.1) is 0 Å². The lowest BCUT2D eigenvalue weighted by Crippen LogP contribution is -2.30. The third kappa shape index (κ3) is 29.5. The minimum Gasteiger partial charge on any atom is -0.484 e. The van der Waals surface area contributed by atoms with Gasteiger partial charge in [0.05, 0.1) is 79.3 Å².